The van der Waals surface area contributed by atoms with E-state index in [-0.39, 0.29) is 0 Å². The zero-order chi connectivity index (χ0) is 6.97. The second kappa shape index (κ2) is 2.22. The highest BCUT2D eigenvalue weighted by atomic mass is 16.3. The summed E-state index contributed by atoms with van der Waals surface area (Å²) < 4.78 is 0. The van der Waals surface area contributed by atoms with Gasteiger partial charge >= 0.3 is 0 Å². The van der Waals surface area contributed by atoms with Crippen LogP contribution in [0.25, 0.3) is 0 Å². The Bertz CT molecular complexity index is 137. The van der Waals surface area contributed by atoms with E-state index in [0.29, 0.717) is 0 Å². The van der Waals surface area contributed by atoms with Crippen molar-refractivity contribution in [3.8, 4) is 0 Å². The maximum Gasteiger partial charge on any atom is 0.0524 e. The van der Waals surface area contributed by atoms with Gasteiger partial charge in [-0.3, -0.25) is 5.01 Å². The van der Waals surface area contributed by atoms with Crippen molar-refractivity contribution in [2.75, 3.05) is 13.1 Å². The standard InChI is InChI=1S/C7H12N2O/c10-8-9-4-6-1-2-7(3-6)5-9/h6-7H,1-5H2. The Morgan fingerprint density at radius 1 is 1.20 bits per heavy atom. The minimum Gasteiger partial charge on any atom is -0.260 e. The molecular formula is C7H12N2O. The van der Waals surface area contributed by atoms with Crippen molar-refractivity contribution in [3.05, 3.63) is 4.91 Å². The summed E-state index contributed by atoms with van der Waals surface area (Å²) in [5, 5.41) is 4.66. The molecule has 0 aromatic carbocycles. The molecule has 0 aromatic heterocycles. The van der Waals surface area contributed by atoms with Crippen molar-refractivity contribution in [2.45, 2.75) is 19.3 Å². The molecule has 3 heteroatoms. The molecule has 0 amide bonds. The van der Waals surface area contributed by atoms with Crippen LogP contribution in [-0.2, 0) is 0 Å². The average molecular weight is 140 g/mol. The van der Waals surface area contributed by atoms with Crippen LogP contribution in [0, 0.1) is 16.7 Å². The molecule has 1 saturated heterocycles. The highest BCUT2D eigenvalue weighted by molar-refractivity contribution is 4.83. The van der Waals surface area contributed by atoms with Crippen molar-refractivity contribution < 1.29 is 0 Å². The monoisotopic (exact) mass is 140 g/mol. The van der Waals surface area contributed by atoms with Gasteiger partial charge in [-0.2, -0.15) is 0 Å². The molecule has 56 valence electrons. The van der Waals surface area contributed by atoms with Gasteiger partial charge in [0.2, 0.25) is 0 Å². The Kier molecular flexibility index (Phi) is 1.36. The van der Waals surface area contributed by atoms with Crippen LogP contribution in [-0.4, -0.2) is 18.1 Å². The first-order valence-electron chi connectivity index (χ1n) is 3.96. The van der Waals surface area contributed by atoms with E-state index in [1.54, 1.807) is 5.01 Å². The first-order chi connectivity index (χ1) is 4.88. The molecule has 0 aromatic rings. The van der Waals surface area contributed by atoms with Gasteiger partial charge in [-0.05, 0) is 31.1 Å². The third kappa shape index (κ3) is 0.895. The number of piperidine rings is 1. The van der Waals surface area contributed by atoms with Crippen LogP contribution in [0.1, 0.15) is 19.3 Å². The number of nitrogens with zero attached hydrogens (tertiary/aromatic N) is 2. The molecule has 1 aliphatic heterocycles. The number of hydrogen-bond acceptors (Lipinski definition) is 2. The lowest BCUT2D eigenvalue weighted by Gasteiger charge is -2.26. The van der Waals surface area contributed by atoms with Crippen molar-refractivity contribution in [1.82, 2.24) is 5.01 Å². The van der Waals surface area contributed by atoms with Crippen molar-refractivity contribution in [2.24, 2.45) is 17.1 Å². The van der Waals surface area contributed by atoms with Crippen LogP contribution in [0.4, 0.5) is 0 Å². The van der Waals surface area contributed by atoms with Gasteiger partial charge in [-0.25, -0.2) is 0 Å². The lowest BCUT2D eigenvalue weighted by atomic mass is 10.0. The van der Waals surface area contributed by atoms with E-state index in [1.807, 2.05) is 0 Å². The molecule has 0 N–H and O–H groups in total. The Morgan fingerprint density at radius 3 is 2.30 bits per heavy atom. The number of hydrogen-bond donors (Lipinski definition) is 0. The average Bonchev–Trinajstić information content (AvgIpc) is 2.30. The number of nitroso groups, excluding NO2 is 1. The predicted octanol–water partition coefficient (Wildman–Crippen LogP) is 1.40. The summed E-state index contributed by atoms with van der Waals surface area (Å²) >= 11 is 0. The summed E-state index contributed by atoms with van der Waals surface area (Å²) in [5.74, 6) is 1.55. The van der Waals surface area contributed by atoms with Crippen LogP contribution in [0.5, 0.6) is 0 Å². The largest absolute Gasteiger partial charge is 0.260 e. The first-order valence-corrected chi connectivity index (χ1v) is 3.96. The topological polar surface area (TPSA) is 32.7 Å². The normalized spacial score (nSPS) is 38.2. The minimum absolute atomic E-state index is 0.774. The molecule has 2 fully saturated rings. The molecule has 0 spiro atoms. The van der Waals surface area contributed by atoms with E-state index in [2.05, 4.69) is 5.29 Å². The lowest BCUT2D eigenvalue weighted by Crippen LogP contribution is -2.31. The van der Waals surface area contributed by atoms with E-state index >= 15 is 0 Å². The summed E-state index contributed by atoms with van der Waals surface area (Å²) in [7, 11) is 0. The Balaban J connectivity index is 2.02. The second-order valence-electron chi connectivity index (χ2n) is 3.50. The summed E-state index contributed by atoms with van der Waals surface area (Å²) in [4.78, 5) is 10.2. The third-order valence-corrected chi connectivity index (χ3v) is 2.70. The minimum atomic E-state index is 0.774. The van der Waals surface area contributed by atoms with Gasteiger partial charge in [0.05, 0.1) is 5.29 Å². The molecule has 1 aliphatic carbocycles. The predicted molar refractivity (Wildman–Crippen MR) is 38.2 cm³/mol. The number of rotatable bonds is 1. The van der Waals surface area contributed by atoms with Crippen LogP contribution in [0.15, 0.2) is 5.29 Å². The zero-order valence-electron chi connectivity index (χ0n) is 5.99. The maximum atomic E-state index is 10.2. The Morgan fingerprint density at radius 2 is 1.80 bits per heavy atom. The maximum absolute atomic E-state index is 10.2. The summed E-state index contributed by atoms with van der Waals surface area (Å²) in [6.45, 7) is 1.83. The molecular weight excluding hydrogens is 128 g/mol. The Hall–Kier alpha value is -0.600. The highest BCUT2D eigenvalue weighted by Crippen LogP contribution is 2.36. The molecule has 1 saturated carbocycles. The van der Waals surface area contributed by atoms with Crippen LogP contribution < -0.4 is 0 Å². The van der Waals surface area contributed by atoms with Gasteiger partial charge in [-0.15, -0.1) is 4.91 Å². The Labute approximate surface area is 60.3 Å². The molecule has 2 rings (SSSR count). The first kappa shape index (κ1) is 6.13. The van der Waals surface area contributed by atoms with Crippen LogP contribution in [0.2, 0.25) is 0 Å². The van der Waals surface area contributed by atoms with Gasteiger partial charge in [0.25, 0.3) is 0 Å². The quantitative estimate of drug-likeness (QED) is 0.516. The smallest absolute Gasteiger partial charge is 0.0524 e. The summed E-state index contributed by atoms with van der Waals surface area (Å²) in [5.41, 5.74) is 0. The fraction of sp³-hybridized carbons (Fsp3) is 1.00. The number of fused-ring (bicyclic) bond motifs is 2. The molecule has 2 bridgehead atoms. The van der Waals surface area contributed by atoms with Crippen molar-refractivity contribution in [3.63, 3.8) is 0 Å². The van der Waals surface area contributed by atoms with Crippen molar-refractivity contribution in [1.29, 1.82) is 0 Å². The second-order valence-corrected chi connectivity index (χ2v) is 3.50. The van der Waals surface area contributed by atoms with Gasteiger partial charge in [0.15, 0.2) is 0 Å². The van der Waals surface area contributed by atoms with E-state index in [1.165, 1.54) is 19.3 Å². The molecule has 3 nitrogen and oxygen atoms in total. The fourth-order valence-electron chi connectivity index (χ4n) is 2.25. The highest BCUT2D eigenvalue weighted by Gasteiger charge is 2.32. The third-order valence-electron chi connectivity index (χ3n) is 2.70. The SMILES string of the molecule is O=NN1CC2CCC(C2)C1. The van der Waals surface area contributed by atoms with E-state index in [9.17, 15) is 4.91 Å². The lowest BCUT2D eigenvalue weighted by molar-refractivity contribution is 0.172. The molecule has 1 heterocycles. The van der Waals surface area contributed by atoms with E-state index in [0.717, 1.165) is 24.9 Å². The summed E-state index contributed by atoms with van der Waals surface area (Å²) in [6.07, 6.45) is 3.97. The van der Waals surface area contributed by atoms with Gasteiger partial charge in [0, 0.05) is 13.1 Å². The zero-order valence-corrected chi connectivity index (χ0v) is 5.99. The van der Waals surface area contributed by atoms with Crippen LogP contribution >= 0.6 is 0 Å². The fourth-order valence-corrected chi connectivity index (χ4v) is 2.25. The molecule has 10 heavy (non-hydrogen) atoms. The van der Waals surface area contributed by atoms with E-state index < -0.39 is 0 Å². The van der Waals surface area contributed by atoms with Crippen molar-refractivity contribution >= 4 is 0 Å². The molecule has 0 radical (unpaired) electrons. The molecule has 2 unspecified atom stereocenters. The van der Waals surface area contributed by atoms with Gasteiger partial charge in [0.1, 0.15) is 0 Å². The van der Waals surface area contributed by atoms with Gasteiger partial charge < -0.3 is 0 Å². The molecule has 2 aliphatic rings. The van der Waals surface area contributed by atoms with Crippen LogP contribution in [0.3, 0.4) is 0 Å². The molecule has 2 atom stereocenters. The van der Waals surface area contributed by atoms with E-state index in [4.69, 9.17) is 0 Å². The van der Waals surface area contributed by atoms with Gasteiger partial charge in [-0.1, -0.05) is 0 Å². The summed E-state index contributed by atoms with van der Waals surface area (Å²) in [6, 6.07) is 0.